The Balaban J connectivity index is 1.16. The lowest BCUT2D eigenvalue weighted by Gasteiger charge is -2.35. The summed E-state index contributed by atoms with van der Waals surface area (Å²) in [6.45, 7) is 3.02. The minimum atomic E-state index is 0.178. The first-order valence-corrected chi connectivity index (χ1v) is 10.6. The van der Waals surface area contributed by atoms with Gasteiger partial charge in [0.2, 0.25) is 5.91 Å². The Kier molecular flexibility index (Phi) is 4.47. The van der Waals surface area contributed by atoms with Crippen LogP contribution in [0.15, 0.2) is 23.7 Å². The van der Waals surface area contributed by atoms with Crippen LogP contribution in [0.5, 0.6) is 0 Å². The third-order valence-electron chi connectivity index (χ3n) is 5.38. The first kappa shape index (κ1) is 17.0. The molecule has 5 rings (SSSR count). The van der Waals surface area contributed by atoms with E-state index in [1.165, 1.54) is 25.7 Å². The number of carbonyl (C=O) groups is 1. The molecule has 2 saturated carbocycles. The Morgan fingerprint density at radius 2 is 1.89 bits per heavy atom. The average Bonchev–Trinajstić information content (AvgIpc) is 3.66. The van der Waals surface area contributed by atoms with E-state index in [0.717, 1.165) is 43.0 Å². The van der Waals surface area contributed by atoms with E-state index in [1.54, 1.807) is 30.4 Å². The second kappa shape index (κ2) is 7.10. The molecule has 0 spiro atoms. The topological polar surface area (TPSA) is 80.0 Å². The molecule has 0 bridgehead atoms. The van der Waals surface area contributed by atoms with E-state index in [4.69, 9.17) is 0 Å². The van der Waals surface area contributed by atoms with Gasteiger partial charge in [0.25, 0.3) is 0 Å². The van der Waals surface area contributed by atoms with Crippen LogP contribution < -0.4 is 4.90 Å². The van der Waals surface area contributed by atoms with Crippen molar-refractivity contribution in [2.45, 2.75) is 42.8 Å². The number of rotatable bonds is 6. The van der Waals surface area contributed by atoms with Crippen LogP contribution in [0.4, 0.5) is 5.82 Å². The predicted molar refractivity (Wildman–Crippen MR) is 102 cm³/mol. The van der Waals surface area contributed by atoms with Crippen LogP contribution in [-0.2, 0) is 4.79 Å². The van der Waals surface area contributed by atoms with Crippen molar-refractivity contribution >= 4 is 23.5 Å². The van der Waals surface area contributed by atoms with Crippen LogP contribution in [0.25, 0.3) is 0 Å². The molecule has 9 heteroatoms. The Hall–Kier alpha value is -2.16. The van der Waals surface area contributed by atoms with Crippen molar-refractivity contribution in [3.63, 3.8) is 0 Å². The summed E-state index contributed by atoms with van der Waals surface area (Å²) >= 11 is 1.54. The molecule has 3 fully saturated rings. The lowest BCUT2D eigenvalue weighted by atomic mass is 10.3. The van der Waals surface area contributed by atoms with Gasteiger partial charge in [0.05, 0.1) is 11.9 Å². The second-order valence-corrected chi connectivity index (χ2v) is 8.38. The number of thioether (sulfide) groups is 1. The number of anilines is 1. The van der Waals surface area contributed by atoms with Crippen LogP contribution in [0, 0.1) is 0 Å². The van der Waals surface area contributed by atoms with Crippen molar-refractivity contribution in [1.29, 1.82) is 0 Å². The lowest BCUT2D eigenvalue weighted by Crippen LogP contribution is -2.49. The molecular weight excluding hydrogens is 362 g/mol. The molecule has 3 aliphatic rings. The molecule has 0 N–H and O–H groups in total. The maximum Gasteiger partial charge on any atom is 0.233 e. The number of nitrogens with zero attached hydrogens (tertiary/aromatic N) is 7. The quantitative estimate of drug-likeness (QED) is 0.701. The standard InChI is InChI=1S/C18H23N7OS/c26-16(24-9-7-23(8-10-24)15-11-19-5-6-20-15)12-27-18-22-21-17(13-1-2-13)25(18)14-3-4-14/h5-6,11,13-14H,1-4,7-10,12H2. The highest BCUT2D eigenvalue weighted by atomic mass is 32.2. The molecular formula is C18H23N7OS. The molecule has 1 aliphatic heterocycles. The minimum Gasteiger partial charge on any atom is -0.352 e. The summed E-state index contributed by atoms with van der Waals surface area (Å²) in [7, 11) is 0. The van der Waals surface area contributed by atoms with Crippen LogP contribution in [-0.4, -0.2) is 67.5 Å². The van der Waals surface area contributed by atoms with Gasteiger partial charge in [0.1, 0.15) is 11.6 Å². The molecule has 2 aromatic rings. The molecule has 0 aromatic carbocycles. The van der Waals surface area contributed by atoms with Crippen molar-refractivity contribution in [2.75, 3.05) is 36.8 Å². The fourth-order valence-corrected chi connectivity index (χ4v) is 4.46. The molecule has 2 aromatic heterocycles. The van der Waals surface area contributed by atoms with Crippen molar-refractivity contribution < 1.29 is 4.79 Å². The van der Waals surface area contributed by atoms with Gasteiger partial charge >= 0.3 is 0 Å². The number of carbonyl (C=O) groups excluding carboxylic acids is 1. The van der Waals surface area contributed by atoms with E-state index in [9.17, 15) is 4.79 Å². The highest BCUT2D eigenvalue weighted by molar-refractivity contribution is 7.99. The van der Waals surface area contributed by atoms with Gasteiger partial charge in [-0.05, 0) is 25.7 Å². The number of hydrogen-bond acceptors (Lipinski definition) is 7. The lowest BCUT2D eigenvalue weighted by molar-refractivity contribution is -0.128. The Morgan fingerprint density at radius 1 is 1.07 bits per heavy atom. The third kappa shape index (κ3) is 3.65. The number of hydrogen-bond donors (Lipinski definition) is 0. The molecule has 0 atom stereocenters. The van der Waals surface area contributed by atoms with Gasteiger partial charge in [-0.3, -0.25) is 9.78 Å². The fraction of sp³-hybridized carbons (Fsp3) is 0.611. The Morgan fingerprint density at radius 3 is 2.56 bits per heavy atom. The van der Waals surface area contributed by atoms with E-state index >= 15 is 0 Å². The Bertz CT molecular complexity index is 810. The monoisotopic (exact) mass is 385 g/mol. The van der Waals surface area contributed by atoms with Gasteiger partial charge in [-0.15, -0.1) is 10.2 Å². The minimum absolute atomic E-state index is 0.178. The van der Waals surface area contributed by atoms with Crippen LogP contribution >= 0.6 is 11.8 Å². The summed E-state index contributed by atoms with van der Waals surface area (Å²) in [5, 5.41) is 9.73. The summed E-state index contributed by atoms with van der Waals surface area (Å²) < 4.78 is 2.31. The van der Waals surface area contributed by atoms with Gasteiger partial charge in [-0.25, -0.2) is 4.98 Å². The number of amides is 1. The maximum atomic E-state index is 12.7. The average molecular weight is 385 g/mol. The highest BCUT2D eigenvalue weighted by Crippen LogP contribution is 2.46. The molecule has 8 nitrogen and oxygen atoms in total. The van der Waals surface area contributed by atoms with Crippen LogP contribution in [0.2, 0.25) is 0 Å². The highest BCUT2D eigenvalue weighted by Gasteiger charge is 2.36. The number of aromatic nitrogens is 5. The SMILES string of the molecule is O=C(CSc1nnc(C2CC2)n1C1CC1)N1CCN(c2cnccn2)CC1. The smallest absolute Gasteiger partial charge is 0.233 e. The summed E-state index contributed by atoms with van der Waals surface area (Å²) in [5.74, 6) is 3.23. The first-order chi connectivity index (χ1) is 13.3. The molecule has 0 unspecified atom stereocenters. The van der Waals surface area contributed by atoms with Crippen LogP contribution in [0.3, 0.4) is 0 Å². The van der Waals surface area contributed by atoms with Crippen LogP contribution in [0.1, 0.15) is 43.5 Å². The Labute approximate surface area is 162 Å². The molecule has 1 amide bonds. The summed E-state index contributed by atoms with van der Waals surface area (Å²) in [5.41, 5.74) is 0. The summed E-state index contributed by atoms with van der Waals surface area (Å²) in [4.78, 5) is 25.2. The molecule has 3 heterocycles. The van der Waals surface area contributed by atoms with Crippen molar-refractivity contribution in [3.05, 3.63) is 24.4 Å². The fourth-order valence-electron chi connectivity index (χ4n) is 3.54. The molecule has 27 heavy (non-hydrogen) atoms. The van der Waals surface area contributed by atoms with Gasteiger partial charge < -0.3 is 14.4 Å². The molecule has 0 radical (unpaired) electrons. The van der Waals surface area contributed by atoms with Crippen molar-refractivity contribution in [1.82, 2.24) is 29.6 Å². The normalized spacial score (nSPS) is 20.1. The third-order valence-corrected chi connectivity index (χ3v) is 6.30. The zero-order valence-electron chi connectivity index (χ0n) is 15.2. The van der Waals surface area contributed by atoms with Gasteiger partial charge in [-0.1, -0.05) is 11.8 Å². The van der Waals surface area contributed by atoms with Crippen molar-refractivity contribution in [3.8, 4) is 0 Å². The van der Waals surface area contributed by atoms with E-state index in [-0.39, 0.29) is 5.91 Å². The predicted octanol–water partition coefficient (Wildman–Crippen LogP) is 1.72. The molecule has 1 saturated heterocycles. The van der Waals surface area contributed by atoms with Gasteiger partial charge in [0.15, 0.2) is 5.16 Å². The van der Waals surface area contributed by atoms with E-state index in [0.29, 0.717) is 17.7 Å². The van der Waals surface area contributed by atoms with E-state index < -0.39 is 0 Å². The van der Waals surface area contributed by atoms with Crippen molar-refractivity contribution in [2.24, 2.45) is 0 Å². The molecule has 2 aliphatic carbocycles. The molecule has 142 valence electrons. The number of piperazine rings is 1. The van der Waals surface area contributed by atoms with Gasteiger partial charge in [-0.2, -0.15) is 0 Å². The zero-order chi connectivity index (χ0) is 18.2. The maximum absolute atomic E-state index is 12.7. The van der Waals surface area contributed by atoms with Gasteiger partial charge in [0, 0.05) is 50.5 Å². The largest absolute Gasteiger partial charge is 0.352 e. The second-order valence-electron chi connectivity index (χ2n) is 7.44. The van der Waals surface area contributed by atoms with E-state index in [2.05, 4.69) is 29.6 Å². The summed E-state index contributed by atoms with van der Waals surface area (Å²) in [6.07, 6.45) is 10.0. The summed E-state index contributed by atoms with van der Waals surface area (Å²) in [6, 6.07) is 0.559. The first-order valence-electron chi connectivity index (χ1n) is 9.66. The zero-order valence-corrected chi connectivity index (χ0v) is 16.0. The van der Waals surface area contributed by atoms with E-state index in [1.807, 2.05) is 4.90 Å².